The number of hydrogen-bond acceptors (Lipinski definition) is 7. The van der Waals surface area contributed by atoms with Crippen LogP contribution in [0.3, 0.4) is 0 Å². The van der Waals surface area contributed by atoms with Crippen molar-refractivity contribution in [1.29, 1.82) is 5.26 Å². The number of benzene rings is 1. The molecule has 1 amide bonds. The zero-order chi connectivity index (χ0) is 25.8. The minimum atomic E-state index is -0.307. The Morgan fingerprint density at radius 3 is 2.67 bits per heavy atom. The van der Waals surface area contributed by atoms with Gasteiger partial charge in [0.15, 0.2) is 17.1 Å². The predicted octanol–water partition coefficient (Wildman–Crippen LogP) is 6.67. The lowest BCUT2D eigenvalue weighted by atomic mass is 9.96. The van der Waals surface area contributed by atoms with Crippen LogP contribution in [0.15, 0.2) is 29.4 Å². The first-order chi connectivity index (χ1) is 17.3. The molecule has 36 heavy (non-hydrogen) atoms. The summed E-state index contributed by atoms with van der Waals surface area (Å²) >= 11 is 2.89. The number of amides is 1. The summed E-state index contributed by atoms with van der Waals surface area (Å²) < 4.78 is 8.36. The Kier molecular flexibility index (Phi) is 8.37. The maximum absolute atomic E-state index is 12.8. The van der Waals surface area contributed by atoms with Gasteiger partial charge in [0, 0.05) is 10.9 Å². The number of carbonyl (C=O) groups is 1. The van der Waals surface area contributed by atoms with Crippen LogP contribution in [0.1, 0.15) is 92.9 Å². The van der Waals surface area contributed by atoms with E-state index in [1.165, 1.54) is 16.6 Å². The van der Waals surface area contributed by atoms with E-state index in [1.54, 1.807) is 11.3 Å². The second kappa shape index (κ2) is 11.5. The Morgan fingerprint density at radius 2 is 1.94 bits per heavy atom. The van der Waals surface area contributed by atoms with Gasteiger partial charge in [0.05, 0.1) is 11.3 Å². The third-order valence-corrected chi connectivity index (χ3v) is 8.43. The van der Waals surface area contributed by atoms with E-state index in [1.807, 2.05) is 29.7 Å². The van der Waals surface area contributed by atoms with Gasteiger partial charge in [0.2, 0.25) is 5.91 Å². The Hall–Kier alpha value is -2.83. The van der Waals surface area contributed by atoms with Crippen molar-refractivity contribution in [2.24, 2.45) is 0 Å². The molecule has 2 aromatic heterocycles. The number of thiophene rings is 1. The van der Waals surface area contributed by atoms with E-state index in [9.17, 15) is 10.1 Å². The average molecular weight is 524 g/mol. The molecule has 4 rings (SSSR count). The number of rotatable bonds is 9. The fourth-order valence-corrected chi connectivity index (χ4v) is 6.65. The minimum absolute atomic E-state index is 0.0983. The van der Waals surface area contributed by atoms with Crippen LogP contribution in [0.25, 0.3) is 0 Å². The zero-order valence-electron chi connectivity index (χ0n) is 21.5. The van der Waals surface area contributed by atoms with E-state index in [4.69, 9.17) is 4.74 Å². The maximum Gasteiger partial charge on any atom is 0.235 e. The molecule has 190 valence electrons. The highest BCUT2D eigenvalue weighted by atomic mass is 32.2. The molecule has 1 atom stereocenters. The van der Waals surface area contributed by atoms with Crippen molar-refractivity contribution in [2.45, 2.75) is 83.5 Å². The van der Waals surface area contributed by atoms with Crippen molar-refractivity contribution in [2.75, 3.05) is 11.1 Å². The molecular formula is C27H33N5O2S2. The monoisotopic (exact) mass is 523 g/mol. The number of aryl methyl sites for hydroxylation is 1. The molecule has 0 saturated heterocycles. The van der Waals surface area contributed by atoms with Crippen molar-refractivity contribution in [1.82, 2.24) is 14.8 Å². The van der Waals surface area contributed by atoms with Crippen LogP contribution >= 0.6 is 23.1 Å². The van der Waals surface area contributed by atoms with Gasteiger partial charge in [-0.05, 0) is 69.6 Å². The average Bonchev–Trinajstić information content (AvgIpc) is 3.44. The molecule has 0 spiro atoms. The smallest absolute Gasteiger partial charge is 0.235 e. The van der Waals surface area contributed by atoms with Crippen LogP contribution in [0.4, 0.5) is 5.00 Å². The quantitative estimate of drug-likeness (QED) is 0.315. The topological polar surface area (TPSA) is 92.8 Å². The van der Waals surface area contributed by atoms with Gasteiger partial charge in [0.25, 0.3) is 0 Å². The second-order valence-corrected chi connectivity index (χ2v) is 11.7. The number of aromatic nitrogens is 3. The molecule has 2 heterocycles. The lowest BCUT2D eigenvalue weighted by Gasteiger charge is -2.21. The number of nitrogens with one attached hydrogen (secondary N) is 1. The van der Waals surface area contributed by atoms with Gasteiger partial charge in [-0.1, -0.05) is 43.8 Å². The highest BCUT2D eigenvalue weighted by molar-refractivity contribution is 7.99. The standard InChI is InChI=1S/C27H33N5O2S2/c1-16(2)19-10-6-8-12-22(19)34-18(5)25-30-31-27(32(25)17(3)4)35-15-24(33)29-26-21(14-28)20-11-7-9-13-23(20)36-26/h6,8,10,12,16-18H,7,9,11,13,15H2,1-5H3,(H,29,33). The second-order valence-electron chi connectivity index (χ2n) is 9.62. The molecule has 0 saturated carbocycles. The van der Waals surface area contributed by atoms with Gasteiger partial charge >= 0.3 is 0 Å². The number of carbonyl (C=O) groups excluding carboxylic acids is 1. The van der Waals surface area contributed by atoms with Crippen LogP contribution < -0.4 is 10.1 Å². The maximum atomic E-state index is 12.8. The normalized spacial score (nSPS) is 13.9. The first-order valence-electron chi connectivity index (χ1n) is 12.5. The minimum Gasteiger partial charge on any atom is -0.482 e. The molecular weight excluding hydrogens is 490 g/mol. The van der Waals surface area contributed by atoms with Crippen molar-refractivity contribution in [3.8, 4) is 11.8 Å². The van der Waals surface area contributed by atoms with Gasteiger partial charge in [-0.2, -0.15) is 5.26 Å². The van der Waals surface area contributed by atoms with Gasteiger partial charge in [-0.15, -0.1) is 21.5 Å². The van der Waals surface area contributed by atoms with Gasteiger partial charge in [0.1, 0.15) is 16.8 Å². The van der Waals surface area contributed by atoms with Crippen LogP contribution in [0, 0.1) is 11.3 Å². The molecule has 0 fully saturated rings. The summed E-state index contributed by atoms with van der Waals surface area (Å²) in [7, 11) is 0. The lowest BCUT2D eigenvalue weighted by Crippen LogP contribution is -2.17. The number of ether oxygens (including phenoxy) is 1. The van der Waals surface area contributed by atoms with Gasteiger partial charge in [-0.3, -0.25) is 4.79 Å². The summed E-state index contributed by atoms with van der Waals surface area (Å²) in [5.74, 6) is 1.95. The van der Waals surface area contributed by atoms with Gasteiger partial charge < -0.3 is 14.6 Å². The Balaban J connectivity index is 1.46. The van der Waals surface area contributed by atoms with Crippen molar-refractivity contribution in [3.05, 3.63) is 51.7 Å². The highest BCUT2D eigenvalue weighted by Crippen LogP contribution is 2.38. The Morgan fingerprint density at radius 1 is 1.19 bits per heavy atom. The summed E-state index contributed by atoms with van der Waals surface area (Å²) in [5.41, 5.74) is 2.90. The molecule has 1 N–H and O–H groups in total. The largest absolute Gasteiger partial charge is 0.482 e. The molecule has 1 aliphatic carbocycles. The first-order valence-corrected chi connectivity index (χ1v) is 14.3. The van der Waals surface area contributed by atoms with Crippen LogP contribution in [0.2, 0.25) is 0 Å². The Bertz CT molecular complexity index is 1270. The molecule has 1 aliphatic rings. The highest BCUT2D eigenvalue weighted by Gasteiger charge is 2.24. The summed E-state index contributed by atoms with van der Waals surface area (Å²) in [6.07, 6.45) is 3.84. The number of para-hydroxylation sites is 1. The lowest BCUT2D eigenvalue weighted by molar-refractivity contribution is -0.113. The molecule has 0 radical (unpaired) electrons. The SMILES string of the molecule is CC(C)c1ccccc1OC(C)c1nnc(SCC(=O)Nc2sc3c(c2C#N)CCCC3)n1C(C)C. The van der Waals surface area contributed by atoms with Crippen LogP contribution in [-0.2, 0) is 17.6 Å². The molecule has 0 bridgehead atoms. The predicted molar refractivity (Wildman–Crippen MR) is 145 cm³/mol. The molecule has 1 aromatic carbocycles. The van der Waals surface area contributed by atoms with Crippen molar-refractivity contribution >= 4 is 34.0 Å². The zero-order valence-corrected chi connectivity index (χ0v) is 23.1. The Labute approximate surface area is 221 Å². The summed E-state index contributed by atoms with van der Waals surface area (Å²) in [4.78, 5) is 14.0. The van der Waals surface area contributed by atoms with Gasteiger partial charge in [-0.25, -0.2) is 0 Å². The number of anilines is 1. The molecule has 0 aliphatic heterocycles. The van der Waals surface area contributed by atoms with E-state index in [-0.39, 0.29) is 23.8 Å². The molecule has 1 unspecified atom stereocenters. The fourth-order valence-electron chi connectivity index (χ4n) is 4.52. The summed E-state index contributed by atoms with van der Waals surface area (Å²) in [6, 6.07) is 10.5. The van der Waals surface area contributed by atoms with Crippen LogP contribution in [-0.4, -0.2) is 26.4 Å². The van der Waals surface area contributed by atoms with Crippen LogP contribution in [0.5, 0.6) is 5.75 Å². The van der Waals surface area contributed by atoms with E-state index in [0.29, 0.717) is 21.6 Å². The summed E-state index contributed by atoms with van der Waals surface area (Å²) in [6.45, 7) is 10.4. The molecule has 9 heteroatoms. The fraction of sp³-hybridized carbons (Fsp3) is 0.481. The number of thioether (sulfide) groups is 1. The van der Waals surface area contributed by atoms with Crippen molar-refractivity contribution in [3.63, 3.8) is 0 Å². The number of fused-ring (bicyclic) bond motifs is 1. The molecule has 7 nitrogen and oxygen atoms in total. The first kappa shape index (κ1) is 26.2. The van der Waals surface area contributed by atoms with E-state index in [2.05, 4.69) is 55.3 Å². The molecule has 3 aromatic rings. The van der Waals surface area contributed by atoms with E-state index in [0.717, 1.165) is 48.4 Å². The number of nitriles is 1. The van der Waals surface area contributed by atoms with E-state index < -0.39 is 0 Å². The number of hydrogen-bond donors (Lipinski definition) is 1. The third kappa shape index (κ3) is 5.60. The van der Waals surface area contributed by atoms with E-state index >= 15 is 0 Å². The third-order valence-electron chi connectivity index (χ3n) is 6.28. The summed E-state index contributed by atoms with van der Waals surface area (Å²) in [5, 5.41) is 22.8. The number of nitrogens with zero attached hydrogens (tertiary/aromatic N) is 4. The van der Waals surface area contributed by atoms with Crippen molar-refractivity contribution < 1.29 is 9.53 Å².